The molecule has 22 rings (SSSR count). The Balaban J connectivity index is 0.000000127. The van der Waals surface area contributed by atoms with E-state index in [2.05, 4.69) is 24.3 Å². The first kappa shape index (κ1) is 109. The molecule has 0 unspecified atom stereocenters. The Morgan fingerprint density at radius 3 is 0.453 bits per heavy atom. The van der Waals surface area contributed by atoms with Gasteiger partial charge in [-0.05, 0) is 329 Å². The summed E-state index contributed by atoms with van der Waals surface area (Å²) in [6.45, 7) is 20.1. The van der Waals surface area contributed by atoms with Crippen molar-refractivity contribution in [2.45, 2.75) is 234 Å². The molecule has 6 fully saturated rings. The molecule has 16 heteroatoms. The van der Waals surface area contributed by atoms with Crippen LogP contribution in [0, 0.1) is 176 Å². The van der Waals surface area contributed by atoms with Gasteiger partial charge in [-0.2, -0.15) is 0 Å². The lowest BCUT2D eigenvalue weighted by molar-refractivity contribution is 0.420. The number of rotatable bonds is 14. The largest absolute Gasteiger partial charge is 0.203 e. The normalized spacial score (nSPS) is 14.2. The molecule has 0 amide bonds. The third-order valence-electron chi connectivity index (χ3n) is 29.7. The second-order valence-electron chi connectivity index (χ2n) is 40.6. The van der Waals surface area contributed by atoms with E-state index in [4.69, 9.17) is 0 Å². The Kier molecular flexibility index (Phi) is 36.0. The summed E-state index contributed by atoms with van der Waals surface area (Å²) in [7, 11) is 0. The second-order valence-corrected chi connectivity index (χ2v) is 40.6. The van der Waals surface area contributed by atoms with Crippen LogP contribution < -0.4 is 0 Å². The molecular weight excluding hydrogens is 1890 g/mol. The molecule has 0 heterocycles. The van der Waals surface area contributed by atoms with E-state index in [0.29, 0.717) is 136 Å². The highest BCUT2D eigenvalue weighted by Gasteiger charge is 2.29. The molecule has 148 heavy (non-hydrogen) atoms. The zero-order valence-electron chi connectivity index (χ0n) is 85.8. The average molecular weight is 2010 g/mol. The summed E-state index contributed by atoms with van der Waals surface area (Å²) >= 11 is 0. The molecular formula is C132H124F16. The number of aryl methyl sites for hydroxylation is 12. The Labute approximate surface area is 860 Å². The molecule has 16 aromatic carbocycles. The van der Waals surface area contributed by atoms with Gasteiger partial charge in [-0.25, -0.2) is 70.2 Å². The van der Waals surface area contributed by atoms with Crippen molar-refractivity contribution in [1.82, 2.24) is 0 Å². The maximum atomic E-state index is 14.0. The van der Waals surface area contributed by atoms with E-state index in [1.54, 1.807) is 154 Å². The van der Waals surface area contributed by atoms with Crippen LogP contribution in [0.1, 0.15) is 251 Å². The highest BCUT2D eigenvalue weighted by Crippen LogP contribution is 2.46. The number of halogens is 16. The van der Waals surface area contributed by atoms with Gasteiger partial charge in [-0.3, -0.25) is 0 Å². The van der Waals surface area contributed by atoms with Gasteiger partial charge in [-0.1, -0.05) is 329 Å². The van der Waals surface area contributed by atoms with Crippen LogP contribution in [-0.4, -0.2) is 0 Å². The third-order valence-corrected chi connectivity index (χ3v) is 29.7. The van der Waals surface area contributed by atoms with Crippen molar-refractivity contribution in [3.05, 3.63) is 472 Å². The van der Waals surface area contributed by atoms with Crippen LogP contribution in [0.2, 0.25) is 0 Å². The molecule has 0 radical (unpaired) electrons. The summed E-state index contributed by atoms with van der Waals surface area (Å²) < 4.78 is 220. The zero-order valence-corrected chi connectivity index (χ0v) is 85.8. The molecule has 0 saturated heterocycles. The molecule has 0 N–H and O–H groups in total. The quantitative estimate of drug-likeness (QED) is 0.0952. The summed E-state index contributed by atoms with van der Waals surface area (Å²) in [6.07, 6.45) is 22.7. The van der Waals surface area contributed by atoms with E-state index in [-0.39, 0.29) is 0 Å². The van der Waals surface area contributed by atoms with Gasteiger partial charge in [0.15, 0.2) is 93.1 Å². The molecule has 0 aromatic heterocycles. The van der Waals surface area contributed by atoms with Crippen LogP contribution in [0.25, 0.3) is 89.0 Å². The first-order chi connectivity index (χ1) is 71.0. The van der Waals surface area contributed by atoms with Crippen LogP contribution in [0.4, 0.5) is 70.2 Å². The Hall–Kier alpha value is -13.6. The van der Waals surface area contributed by atoms with Gasteiger partial charge >= 0.3 is 0 Å². The lowest BCUT2D eigenvalue weighted by Gasteiger charge is -2.25. The number of benzene rings is 16. The summed E-state index contributed by atoms with van der Waals surface area (Å²) in [5.74, 6) is -8.08. The molecule has 6 aliphatic rings. The topological polar surface area (TPSA) is 0 Å². The molecule has 6 saturated carbocycles. The van der Waals surface area contributed by atoms with E-state index in [0.717, 1.165) is 55.6 Å². The zero-order chi connectivity index (χ0) is 106. The average Bonchev–Trinajstić information content (AvgIpc) is 1.81. The van der Waals surface area contributed by atoms with E-state index in [1.807, 2.05) is 184 Å². The first-order valence-corrected chi connectivity index (χ1v) is 51.3. The number of hydrogen-bond acceptors (Lipinski definition) is 0. The van der Waals surface area contributed by atoms with Crippen LogP contribution >= 0.6 is 0 Å². The maximum Gasteiger partial charge on any atom is 0.167 e. The minimum atomic E-state index is -0.758. The van der Waals surface area contributed by atoms with Crippen molar-refractivity contribution in [3.8, 4) is 89.0 Å². The van der Waals surface area contributed by atoms with Gasteiger partial charge in [0.05, 0.1) is 0 Å². The highest BCUT2D eigenvalue weighted by molar-refractivity contribution is 5.74. The fourth-order valence-electron chi connectivity index (χ4n) is 19.6. The molecule has 0 aliphatic heterocycles. The van der Waals surface area contributed by atoms with Gasteiger partial charge in [0.1, 0.15) is 0 Å². The van der Waals surface area contributed by atoms with Crippen molar-refractivity contribution in [2.24, 2.45) is 0 Å². The molecule has 16 aromatic rings. The summed E-state index contributed by atoms with van der Waals surface area (Å²) in [4.78, 5) is 0. The van der Waals surface area contributed by atoms with Crippen molar-refractivity contribution in [3.63, 3.8) is 0 Å². The number of hydrogen-bond donors (Lipinski definition) is 0. The van der Waals surface area contributed by atoms with Gasteiger partial charge < -0.3 is 0 Å². The Bertz CT molecular complexity index is 6870. The van der Waals surface area contributed by atoms with Gasteiger partial charge in [-0.15, -0.1) is 0 Å². The van der Waals surface area contributed by atoms with Gasteiger partial charge in [0, 0.05) is 44.5 Å². The van der Waals surface area contributed by atoms with Crippen LogP contribution in [0.3, 0.4) is 0 Å². The predicted molar refractivity (Wildman–Crippen MR) is 571 cm³/mol. The monoisotopic (exact) mass is 2010 g/mol. The van der Waals surface area contributed by atoms with E-state index in [1.165, 1.54) is 149 Å². The maximum absolute atomic E-state index is 14.0. The van der Waals surface area contributed by atoms with E-state index in [9.17, 15) is 70.2 Å². The minimum Gasteiger partial charge on any atom is -0.203 e. The van der Waals surface area contributed by atoms with Crippen LogP contribution in [0.5, 0.6) is 0 Å². The van der Waals surface area contributed by atoms with Crippen molar-refractivity contribution >= 4 is 0 Å². The van der Waals surface area contributed by atoms with Crippen molar-refractivity contribution in [2.75, 3.05) is 0 Å². The predicted octanol–water partition coefficient (Wildman–Crippen LogP) is 40.4. The molecule has 6 aliphatic carbocycles. The summed E-state index contributed by atoms with van der Waals surface area (Å²) in [6, 6.07) is 84.9. The van der Waals surface area contributed by atoms with Crippen LogP contribution in [-0.2, 0) is 0 Å². The third kappa shape index (κ3) is 26.0. The Morgan fingerprint density at radius 2 is 0.291 bits per heavy atom. The molecule has 0 atom stereocenters. The molecule has 0 nitrogen and oxygen atoms in total. The standard InChI is InChI=1S/2C18H18F2.2C17H16F2.2C16H14F2.2C15H14F2/c2*1-12-6-11-16(18(20)17(12)19)15-9-7-14(8-10-15)13-4-2-3-5-13;2*1-11-5-10-15(17(19)16(11)18)14-8-6-13(7-9-14)12-3-2-4-12;2*1-10-2-9-14(16(18)15(10)17)13-7-5-12(6-8-13)11-3-4-11;2*1-9-4-6-12(7-5-9)13-10(2)8-11(3)14(16)15(13)17/h2*6-11,13H,2-5H2,1H3;2*5-10,12H,2-4H2,1H3;2*2,5-9,11H,3-4H2,1H3;2*4-8H,1-3H3. The second kappa shape index (κ2) is 49.0. The van der Waals surface area contributed by atoms with Gasteiger partial charge in [0.2, 0.25) is 0 Å². The van der Waals surface area contributed by atoms with Gasteiger partial charge in [0.25, 0.3) is 0 Å². The van der Waals surface area contributed by atoms with Crippen molar-refractivity contribution in [1.29, 1.82) is 0 Å². The van der Waals surface area contributed by atoms with E-state index < -0.39 is 93.1 Å². The minimum absolute atomic E-state index is 0.334. The fourth-order valence-corrected chi connectivity index (χ4v) is 19.6. The lowest BCUT2D eigenvalue weighted by atomic mass is 9.80. The fraction of sp³-hybridized carbons (Fsp3) is 0.273. The Morgan fingerprint density at radius 1 is 0.135 bits per heavy atom. The van der Waals surface area contributed by atoms with Crippen LogP contribution in [0.15, 0.2) is 279 Å². The first-order valence-electron chi connectivity index (χ1n) is 51.3. The molecule has 0 spiro atoms. The summed E-state index contributed by atoms with van der Waals surface area (Å²) in [5, 5.41) is 0. The highest BCUT2D eigenvalue weighted by atomic mass is 19.2. The molecule has 0 bridgehead atoms. The summed E-state index contributed by atoms with van der Waals surface area (Å²) in [5.41, 5.74) is 22.8. The SMILES string of the molecule is Cc1ccc(-c2c(C)cc(C)c(F)c2F)cc1.Cc1ccc(-c2c(C)cc(C)c(F)c2F)cc1.Cc1ccc(-c2ccc(C3CC3)cc2)c(F)c1F.Cc1ccc(-c2ccc(C3CC3)cc2)c(F)c1F.Cc1ccc(-c2ccc(C3CCC3)cc2)c(F)c1F.Cc1ccc(-c2ccc(C3CCC3)cc2)c(F)c1F.Cc1ccc(-c2ccc(C3CCCC3)cc2)c(F)c1F.Cc1ccc(-c2ccc(C3CCCC3)cc2)c(F)c1F. The molecule has 764 valence electrons. The lowest BCUT2D eigenvalue weighted by Crippen LogP contribution is -2.08. The van der Waals surface area contributed by atoms with Crippen molar-refractivity contribution < 1.29 is 70.2 Å². The smallest absolute Gasteiger partial charge is 0.167 e. The van der Waals surface area contributed by atoms with E-state index >= 15 is 0 Å².